The van der Waals surface area contributed by atoms with Crippen LogP contribution in [0.1, 0.15) is 57.9 Å². The topological polar surface area (TPSA) is 58.6 Å². The molecule has 2 fully saturated rings. The molecule has 2 aliphatic heterocycles. The van der Waals surface area contributed by atoms with Crippen molar-refractivity contribution >= 4 is 17.5 Å². The number of carbonyl (C=O) groups excluding carboxylic acids is 1. The quantitative estimate of drug-likeness (QED) is 0.628. The average molecular weight is 441 g/mol. The summed E-state index contributed by atoms with van der Waals surface area (Å²) >= 11 is 0. The minimum absolute atomic E-state index is 0.0247. The highest BCUT2D eigenvalue weighted by Gasteiger charge is 2.28. The maximum absolute atomic E-state index is 14.6. The first-order chi connectivity index (χ1) is 15.4. The zero-order valence-corrected chi connectivity index (χ0v) is 19.3. The van der Waals surface area contributed by atoms with E-state index in [1.807, 2.05) is 29.2 Å². The second kappa shape index (κ2) is 9.84. The van der Waals surface area contributed by atoms with Crippen LogP contribution in [0.4, 0.5) is 16.2 Å². The van der Waals surface area contributed by atoms with Crippen molar-refractivity contribution in [3.63, 3.8) is 0 Å². The predicted molar refractivity (Wildman–Crippen MR) is 124 cm³/mol. The minimum atomic E-state index is -0.386. The van der Waals surface area contributed by atoms with Crippen LogP contribution in [0.5, 0.6) is 5.75 Å². The molecule has 0 aliphatic carbocycles. The molecule has 6 nitrogen and oxygen atoms in total. The van der Waals surface area contributed by atoms with Gasteiger partial charge in [0.1, 0.15) is 17.6 Å². The number of rotatable bonds is 7. The van der Waals surface area contributed by atoms with Crippen molar-refractivity contribution in [1.82, 2.24) is 9.97 Å². The number of hydrogen-bond acceptors (Lipinski definition) is 6. The van der Waals surface area contributed by atoms with E-state index in [-0.39, 0.29) is 23.6 Å². The molecule has 0 bridgehead atoms. The van der Waals surface area contributed by atoms with Crippen molar-refractivity contribution in [2.24, 2.45) is 5.92 Å². The normalized spacial score (nSPS) is 22.1. The lowest BCUT2D eigenvalue weighted by molar-refractivity contribution is -0.117. The van der Waals surface area contributed by atoms with Gasteiger partial charge in [0.15, 0.2) is 11.6 Å². The fraction of sp³-hybridized carbons (Fsp3) is 0.560. The number of ketones is 1. The molecule has 2 aromatic rings. The highest BCUT2D eigenvalue weighted by Crippen LogP contribution is 2.28. The van der Waals surface area contributed by atoms with E-state index in [9.17, 15) is 9.18 Å². The van der Waals surface area contributed by atoms with Crippen LogP contribution >= 0.6 is 0 Å². The number of aromatic nitrogens is 2. The first kappa shape index (κ1) is 22.5. The fourth-order valence-electron chi connectivity index (χ4n) is 4.73. The van der Waals surface area contributed by atoms with Crippen LogP contribution in [0.3, 0.4) is 0 Å². The summed E-state index contributed by atoms with van der Waals surface area (Å²) in [5, 5.41) is 0. The minimum Gasteiger partial charge on any atom is -0.489 e. The molecule has 2 saturated heterocycles. The molecule has 0 amide bonds. The fourth-order valence-corrected chi connectivity index (χ4v) is 4.73. The highest BCUT2D eigenvalue weighted by molar-refractivity contribution is 5.76. The molecule has 0 radical (unpaired) electrons. The third-order valence-corrected chi connectivity index (χ3v) is 6.44. The summed E-state index contributed by atoms with van der Waals surface area (Å²) in [4.78, 5) is 24.3. The molecule has 4 rings (SSSR count). The Balaban J connectivity index is 1.38. The first-order valence-electron chi connectivity index (χ1n) is 11.7. The number of piperidine rings is 1. The summed E-state index contributed by atoms with van der Waals surface area (Å²) in [7, 11) is 0. The zero-order valence-electron chi connectivity index (χ0n) is 19.3. The summed E-state index contributed by atoms with van der Waals surface area (Å²) < 4.78 is 20.7. The van der Waals surface area contributed by atoms with Crippen LogP contribution in [0.2, 0.25) is 0 Å². The van der Waals surface area contributed by atoms with Crippen molar-refractivity contribution < 1.29 is 13.9 Å². The van der Waals surface area contributed by atoms with Gasteiger partial charge in [-0.3, -0.25) is 0 Å². The van der Waals surface area contributed by atoms with Crippen molar-refractivity contribution in [3.05, 3.63) is 41.8 Å². The third kappa shape index (κ3) is 5.37. The Labute approximate surface area is 189 Å². The number of nitrogens with zero attached hydrogens (tertiary/aromatic N) is 4. The maximum Gasteiger partial charge on any atom is 0.227 e. The van der Waals surface area contributed by atoms with Crippen molar-refractivity contribution in [3.8, 4) is 5.75 Å². The standard InChI is InChI=1S/C25H33FN4O2/c1-17-5-4-11-30(15-17)25-27-14-23(26)24(28-25)29-12-10-22(16-29)32-21-8-6-20(7-9-21)18(2)13-19(3)31/h6-9,14,17-18,22H,4-5,10-13,15-16H2,1-3H3/t17?,18-,22-/m1/s1. The molecular weight excluding hydrogens is 407 g/mol. The van der Waals surface area contributed by atoms with Crippen LogP contribution in [0.25, 0.3) is 0 Å². The zero-order chi connectivity index (χ0) is 22.7. The summed E-state index contributed by atoms with van der Waals surface area (Å²) in [5.74, 6) is 2.38. The van der Waals surface area contributed by atoms with Gasteiger partial charge in [-0.1, -0.05) is 26.0 Å². The maximum atomic E-state index is 14.6. The van der Waals surface area contributed by atoms with Crippen LogP contribution < -0.4 is 14.5 Å². The molecule has 0 N–H and O–H groups in total. The van der Waals surface area contributed by atoms with E-state index in [1.54, 1.807) is 6.92 Å². The second-order valence-corrected chi connectivity index (χ2v) is 9.39. The van der Waals surface area contributed by atoms with Gasteiger partial charge in [-0.25, -0.2) is 9.37 Å². The Morgan fingerprint density at radius 1 is 1.19 bits per heavy atom. The Bertz CT molecular complexity index is 936. The largest absolute Gasteiger partial charge is 0.489 e. The monoisotopic (exact) mass is 440 g/mol. The molecule has 0 spiro atoms. The van der Waals surface area contributed by atoms with Crippen LogP contribution in [0.15, 0.2) is 30.5 Å². The number of anilines is 2. The Morgan fingerprint density at radius 3 is 2.69 bits per heavy atom. The highest BCUT2D eigenvalue weighted by atomic mass is 19.1. The number of carbonyl (C=O) groups is 1. The number of hydrogen-bond donors (Lipinski definition) is 0. The van der Waals surface area contributed by atoms with Crippen LogP contribution in [0, 0.1) is 11.7 Å². The van der Waals surface area contributed by atoms with Gasteiger partial charge in [0.25, 0.3) is 0 Å². The van der Waals surface area contributed by atoms with Gasteiger partial charge in [-0.2, -0.15) is 4.98 Å². The molecule has 2 aliphatic rings. The smallest absolute Gasteiger partial charge is 0.227 e. The lowest BCUT2D eigenvalue weighted by Gasteiger charge is -2.31. The van der Waals surface area contributed by atoms with E-state index in [4.69, 9.17) is 4.74 Å². The summed E-state index contributed by atoms with van der Waals surface area (Å²) in [6, 6.07) is 7.95. The van der Waals surface area contributed by atoms with E-state index in [1.165, 1.54) is 12.6 Å². The molecule has 172 valence electrons. The van der Waals surface area contributed by atoms with Gasteiger partial charge in [0.2, 0.25) is 5.95 Å². The average Bonchev–Trinajstić information content (AvgIpc) is 3.22. The molecule has 3 atom stereocenters. The number of halogens is 1. The molecule has 1 unspecified atom stereocenters. The second-order valence-electron chi connectivity index (χ2n) is 9.39. The van der Waals surface area contributed by atoms with Gasteiger partial charge in [-0.15, -0.1) is 0 Å². The summed E-state index contributed by atoms with van der Waals surface area (Å²) in [6.07, 6.45) is 4.95. The summed E-state index contributed by atoms with van der Waals surface area (Å²) in [5.41, 5.74) is 1.13. The van der Waals surface area contributed by atoms with Crippen molar-refractivity contribution in [1.29, 1.82) is 0 Å². The molecule has 3 heterocycles. The molecule has 32 heavy (non-hydrogen) atoms. The Morgan fingerprint density at radius 2 is 1.97 bits per heavy atom. The number of ether oxygens (including phenoxy) is 1. The lowest BCUT2D eigenvalue weighted by atomic mass is 9.96. The van der Waals surface area contributed by atoms with E-state index in [0.717, 1.165) is 37.2 Å². The van der Waals surface area contributed by atoms with E-state index in [0.29, 0.717) is 37.2 Å². The Hall–Kier alpha value is -2.70. The summed E-state index contributed by atoms with van der Waals surface area (Å²) in [6.45, 7) is 9.03. The molecule has 0 saturated carbocycles. The SMILES string of the molecule is CC(=O)C[C@@H](C)c1ccc(O[C@@H]2CCN(c3nc(N4CCCC(C)C4)ncc3F)C2)cc1. The van der Waals surface area contributed by atoms with Crippen molar-refractivity contribution in [2.75, 3.05) is 36.0 Å². The molecular formula is C25H33FN4O2. The number of Topliss-reactive ketones (excluding diaryl/α,β-unsaturated/α-hetero) is 1. The van der Waals surface area contributed by atoms with E-state index < -0.39 is 0 Å². The predicted octanol–water partition coefficient (Wildman–Crippen LogP) is 4.59. The van der Waals surface area contributed by atoms with Gasteiger partial charge < -0.3 is 19.3 Å². The van der Waals surface area contributed by atoms with Gasteiger partial charge in [0, 0.05) is 32.5 Å². The van der Waals surface area contributed by atoms with Gasteiger partial charge in [-0.05, 0) is 49.3 Å². The molecule has 1 aromatic carbocycles. The molecule has 1 aromatic heterocycles. The number of benzene rings is 1. The van der Waals surface area contributed by atoms with E-state index >= 15 is 0 Å². The lowest BCUT2D eigenvalue weighted by Crippen LogP contribution is -2.36. The van der Waals surface area contributed by atoms with Crippen LogP contribution in [-0.4, -0.2) is 48.0 Å². The van der Waals surface area contributed by atoms with Crippen molar-refractivity contribution in [2.45, 2.75) is 58.5 Å². The third-order valence-electron chi connectivity index (χ3n) is 6.44. The van der Waals surface area contributed by atoms with Gasteiger partial charge in [0.05, 0.1) is 12.7 Å². The van der Waals surface area contributed by atoms with E-state index in [2.05, 4.69) is 28.7 Å². The Kier molecular flexibility index (Phi) is 6.92. The first-order valence-corrected chi connectivity index (χ1v) is 11.7. The van der Waals surface area contributed by atoms with Gasteiger partial charge >= 0.3 is 0 Å². The van der Waals surface area contributed by atoms with Crippen LogP contribution in [-0.2, 0) is 4.79 Å². The molecule has 7 heteroatoms.